The van der Waals surface area contributed by atoms with Gasteiger partial charge in [0.15, 0.2) is 11.5 Å². The largest absolute Gasteiger partial charge is 0.493 e. The van der Waals surface area contributed by atoms with E-state index >= 15 is 0 Å². The average molecular weight is 338 g/mol. The van der Waals surface area contributed by atoms with E-state index in [1.807, 2.05) is 0 Å². The topological polar surface area (TPSA) is 84.8 Å². The molecule has 0 saturated carbocycles. The molecule has 23 heavy (non-hydrogen) atoms. The molecule has 1 aromatic heterocycles. The Balaban J connectivity index is 1.82. The molecule has 1 fully saturated rings. The number of benzene rings is 1. The molecule has 122 valence electrons. The van der Waals surface area contributed by atoms with E-state index in [0.717, 1.165) is 0 Å². The number of amides is 1. The van der Waals surface area contributed by atoms with Crippen molar-refractivity contribution in [3.8, 4) is 11.5 Å². The van der Waals surface area contributed by atoms with Crippen molar-refractivity contribution >= 4 is 28.6 Å². The van der Waals surface area contributed by atoms with E-state index in [-0.39, 0.29) is 6.10 Å². The summed E-state index contributed by atoms with van der Waals surface area (Å²) in [4.78, 5) is 20.5. The van der Waals surface area contributed by atoms with Crippen LogP contribution in [0.5, 0.6) is 11.5 Å². The van der Waals surface area contributed by atoms with Gasteiger partial charge in [0.1, 0.15) is 17.6 Å². The Bertz CT molecular complexity index is 732. The molecule has 0 radical (unpaired) electrons. The molecule has 3 rings (SSSR count). The quantitative estimate of drug-likeness (QED) is 0.867. The molecule has 2 heterocycles. The Morgan fingerprint density at radius 3 is 2.70 bits per heavy atom. The van der Waals surface area contributed by atoms with Crippen molar-refractivity contribution in [2.24, 2.45) is 0 Å². The molecule has 1 saturated heterocycles. The van der Waals surface area contributed by atoms with Gasteiger partial charge in [0, 0.05) is 37.4 Å². The van der Waals surface area contributed by atoms with Crippen LogP contribution in [0, 0.1) is 0 Å². The first-order chi connectivity index (χ1) is 11.1. The van der Waals surface area contributed by atoms with E-state index in [0.29, 0.717) is 53.5 Å². The van der Waals surface area contributed by atoms with Crippen molar-refractivity contribution in [1.82, 2.24) is 14.9 Å². The van der Waals surface area contributed by atoms with Gasteiger partial charge in [-0.15, -0.1) is 0 Å². The lowest BCUT2D eigenvalue weighted by atomic mass is 10.1. The Morgan fingerprint density at radius 1 is 1.30 bits per heavy atom. The SMILES string of the molecule is COc1cc2ncnc(Cl)c2cc1OC1CCN(C(=O)O)CC1. The standard InChI is InChI=1S/C15H16ClN3O4/c1-22-12-7-11-10(14(16)18-8-17-11)6-13(12)23-9-2-4-19(5-3-9)15(20)21/h6-9H,2-5H2,1H3,(H,20,21). The summed E-state index contributed by atoms with van der Waals surface area (Å²) >= 11 is 6.10. The smallest absolute Gasteiger partial charge is 0.407 e. The normalized spacial score (nSPS) is 15.7. The second kappa shape index (κ2) is 6.45. The van der Waals surface area contributed by atoms with Crippen LogP contribution in [-0.4, -0.2) is 52.4 Å². The van der Waals surface area contributed by atoms with Crippen molar-refractivity contribution in [2.45, 2.75) is 18.9 Å². The summed E-state index contributed by atoms with van der Waals surface area (Å²) in [5, 5.41) is 10.0. The minimum absolute atomic E-state index is 0.0691. The average Bonchev–Trinajstić information content (AvgIpc) is 2.55. The Hall–Kier alpha value is -2.28. The summed E-state index contributed by atoms with van der Waals surface area (Å²) in [7, 11) is 1.56. The minimum Gasteiger partial charge on any atom is -0.493 e. The number of hydrogen-bond donors (Lipinski definition) is 1. The number of rotatable bonds is 3. The zero-order chi connectivity index (χ0) is 16.4. The Kier molecular flexibility index (Phi) is 4.38. The molecule has 0 unspecified atom stereocenters. The molecular weight excluding hydrogens is 322 g/mol. The van der Waals surface area contributed by atoms with E-state index in [4.69, 9.17) is 26.2 Å². The van der Waals surface area contributed by atoms with Crippen molar-refractivity contribution in [3.63, 3.8) is 0 Å². The van der Waals surface area contributed by atoms with Gasteiger partial charge in [-0.1, -0.05) is 11.6 Å². The summed E-state index contributed by atoms with van der Waals surface area (Å²) in [6.45, 7) is 0.916. The molecule has 0 atom stereocenters. The van der Waals surface area contributed by atoms with Crippen molar-refractivity contribution < 1.29 is 19.4 Å². The maximum absolute atomic E-state index is 10.9. The summed E-state index contributed by atoms with van der Waals surface area (Å²) in [6.07, 6.45) is 1.70. The predicted octanol–water partition coefficient (Wildman–Crippen LogP) is 2.81. The number of hydrogen-bond acceptors (Lipinski definition) is 5. The van der Waals surface area contributed by atoms with Crippen LogP contribution in [0.25, 0.3) is 10.9 Å². The van der Waals surface area contributed by atoms with Gasteiger partial charge in [-0.05, 0) is 6.07 Å². The van der Waals surface area contributed by atoms with Crippen molar-refractivity contribution in [3.05, 3.63) is 23.6 Å². The number of carbonyl (C=O) groups is 1. The van der Waals surface area contributed by atoms with Crippen LogP contribution in [0.2, 0.25) is 5.15 Å². The third-order valence-corrected chi connectivity index (χ3v) is 4.18. The molecule has 0 bridgehead atoms. The van der Waals surface area contributed by atoms with E-state index in [2.05, 4.69) is 9.97 Å². The van der Waals surface area contributed by atoms with Crippen LogP contribution in [0.4, 0.5) is 4.79 Å². The fourth-order valence-corrected chi connectivity index (χ4v) is 2.82. The highest BCUT2D eigenvalue weighted by atomic mass is 35.5. The van der Waals surface area contributed by atoms with E-state index in [1.54, 1.807) is 19.2 Å². The maximum atomic E-state index is 10.9. The summed E-state index contributed by atoms with van der Waals surface area (Å²) in [5.74, 6) is 1.12. The Labute approximate surface area is 137 Å². The van der Waals surface area contributed by atoms with E-state index in [1.165, 1.54) is 11.2 Å². The van der Waals surface area contributed by atoms with Crippen LogP contribution in [0.3, 0.4) is 0 Å². The highest BCUT2D eigenvalue weighted by molar-refractivity contribution is 6.34. The number of halogens is 1. The lowest BCUT2D eigenvalue weighted by Crippen LogP contribution is -2.41. The summed E-state index contributed by atoms with van der Waals surface area (Å²) < 4.78 is 11.4. The fourth-order valence-electron chi connectivity index (χ4n) is 2.63. The highest BCUT2D eigenvalue weighted by Crippen LogP contribution is 2.35. The monoisotopic (exact) mass is 337 g/mol. The molecule has 1 aromatic carbocycles. The van der Waals surface area contributed by atoms with Crippen molar-refractivity contribution in [1.29, 1.82) is 0 Å². The molecule has 8 heteroatoms. The van der Waals surface area contributed by atoms with E-state index < -0.39 is 6.09 Å². The van der Waals surface area contributed by atoms with Gasteiger partial charge in [-0.3, -0.25) is 0 Å². The molecule has 1 amide bonds. The first-order valence-corrected chi connectivity index (χ1v) is 7.59. The third-order valence-electron chi connectivity index (χ3n) is 3.88. The lowest BCUT2D eigenvalue weighted by Gasteiger charge is -2.30. The number of likely N-dealkylation sites (tertiary alicyclic amines) is 1. The van der Waals surface area contributed by atoms with Gasteiger partial charge in [-0.25, -0.2) is 14.8 Å². The number of methoxy groups -OCH3 is 1. The molecule has 0 spiro atoms. The number of aromatic nitrogens is 2. The predicted molar refractivity (Wildman–Crippen MR) is 84.3 cm³/mol. The Morgan fingerprint density at radius 2 is 2.04 bits per heavy atom. The number of piperidine rings is 1. The van der Waals surface area contributed by atoms with Gasteiger partial charge in [0.25, 0.3) is 0 Å². The van der Waals surface area contributed by atoms with Crippen LogP contribution >= 0.6 is 11.6 Å². The zero-order valence-electron chi connectivity index (χ0n) is 12.5. The molecule has 1 aliphatic rings. The first-order valence-electron chi connectivity index (χ1n) is 7.21. The second-order valence-corrected chi connectivity index (χ2v) is 5.63. The minimum atomic E-state index is -0.893. The molecule has 1 aliphatic heterocycles. The first kappa shape index (κ1) is 15.6. The molecule has 2 aromatic rings. The van der Waals surface area contributed by atoms with Crippen LogP contribution in [0.15, 0.2) is 18.5 Å². The number of carboxylic acid groups (broad SMARTS) is 1. The summed E-state index contributed by atoms with van der Waals surface area (Å²) in [5.41, 5.74) is 0.676. The molecule has 1 N–H and O–H groups in total. The van der Waals surface area contributed by atoms with Crippen molar-refractivity contribution in [2.75, 3.05) is 20.2 Å². The lowest BCUT2D eigenvalue weighted by molar-refractivity contribution is 0.0879. The fraction of sp³-hybridized carbons (Fsp3) is 0.400. The van der Waals surface area contributed by atoms with Crippen LogP contribution < -0.4 is 9.47 Å². The maximum Gasteiger partial charge on any atom is 0.407 e. The van der Waals surface area contributed by atoms with Crippen LogP contribution in [-0.2, 0) is 0 Å². The van der Waals surface area contributed by atoms with Gasteiger partial charge < -0.3 is 19.5 Å². The van der Waals surface area contributed by atoms with Gasteiger partial charge in [0.05, 0.1) is 12.6 Å². The van der Waals surface area contributed by atoms with Gasteiger partial charge in [-0.2, -0.15) is 0 Å². The number of fused-ring (bicyclic) bond motifs is 1. The molecule has 0 aliphatic carbocycles. The second-order valence-electron chi connectivity index (χ2n) is 5.27. The van der Waals surface area contributed by atoms with Gasteiger partial charge >= 0.3 is 6.09 Å². The molecule has 7 nitrogen and oxygen atoms in total. The number of nitrogens with zero attached hydrogens (tertiary/aromatic N) is 3. The summed E-state index contributed by atoms with van der Waals surface area (Å²) in [6, 6.07) is 3.52. The van der Waals surface area contributed by atoms with E-state index in [9.17, 15) is 4.79 Å². The molecular formula is C15H16ClN3O4. The van der Waals surface area contributed by atoms with Gasteiger partial charge in [0.2, 0.25) is 0 Å². The zero-order valence-corrected chi connectivity index (χ0v) is 13.3. The highest BCUT2D eigenvalue weighted by Gasteiger charge is 2.24. The van der Waals surface area contributed by atoms with Crippen LogP contribution in [0.1, 0.15) is 12.8 Å². The number of ether oxygens (including phenoxy) is 2. The third kappa shape index (κ3) is 3.24.